The maximum absolute atomic E-state index is 11.4. The Kier molecular flexibility index (Phi) is 6.03. The van der Waals surface area contributed by atoms with Gasteiger partial charge >= 0.3 is 0 Å². The van der Waals surface area contributed by atoms with Crippen LogP contribution in [0.25, 0.3) is 16.0 Å². The van der Waals surface area contributed by atoms with Gasteiger partial charge in [0.1, 0.15) is 0 Å². The number of likely N-dealkylation sites (N-methyl/N-ethyl adjacent to an activating group) is 2. The van der Waals surface area contributed by atoms with Crippen LogP contribution in [-0.4, -0.2) is 61.2 Å². The van der Waals surface area contributed by atoms with Gasteiger partial charge < -0.3 is 25.8 Å². The second-order valence-electron chi connectivity index (χ2n) is 10.1. The zero-order valence-electron chi connectivity index (χ0n) is 18.4. The highest BCUT2D eigenvalue weighted by Gasteiger charge is 2.53. The first-order valence-electron chi connectivity index (χ1n) is 10.8. The molecule has 2 aliphatic carbocycles. The van der Waals surface area contributed by atoms with Gasteiger partial charge in [-0.1, -0.05) is 52.5 Å². The van der Waals surface area contributed by atoms with Gasteiger partial charge in [0, 0.05) is 12.2 Å². The fourth-order valence-corrected chi connectivity index (χ4v) is 6.11. The molecule has 3 aliphatic rings. The molecule has 0 spiro atoms. The zero-order chi connectivity index (χ0) is 20.0. The van der Waals surface area contributed by atoms with Gasteiger partial charge in [0.2, 0.25) is 0 Å². The van der Waals surface area contributed by atoms with Crippen molar-refractivity contribution in [3.05, 3.63) is 16.0 Å². The lowest BCUT2D eigenvalue weighted by Gasteiger charge is -2.66. The smallest absolute Gasteiger partial charge is 0.0611 e. The summed E-state index contributed by atoms with van der Waals surface area (Å²) in [5.74, 6) is 1.01. The van der Waals surface area contributed by atoms with Crippen LogP contribution in [0, 0.1) is 17.8 Å². The summed E-state index contributed by atoms with van der Waals surface area (Å²) in [5.41, 5.74) is -0.525. The molecule has 0 aromatic rings. The number of aliphatic hydroxyl groups is 1. The third-order valence-electron chi connectivity index (χ3n) is 8.62. The van der Waals surface area contributed by atoms with Crippen molar-refractivity contribution in [3.63, 3.8) is 0 Å². The molecule has 1 heterocycles. The van der Waals surface area contributed by atoms with E-state index in [-0.39, 0.29) is 34.7 Å². The summed E-state index contributed by atoms with van der Waals surface area (Å²) in [6, 6.07) is 0. The van der Waals surface area contributed by atoms with Crippen LogP contribution in [0.3, 0.4) is 0 Å². The fraction of sp³-hybridized carbons (Fsp3) is 1.00. The average Bonchev–Trinajstić information content (AvgIpc) is 3.16. The molecule has 8 atom stereocenters. The second kappa shape index (κ2) is 7.56. The molecule has 1 N–H and O–H groups in total. The third-order valence-corrected chi connectivity index (χ3v) is 8.62. The summed E-state index contributed by atoms with van der Waals surface area (Å²) >= 11 is 0. The van der Waals surface area contributed by atoms with Crippen LogP contribution in [0.2, 0.25) is 0 Å². The summed E-state index contributed by atoms with van der Waals surface area (Å²) in [6.45, 7) is 8.74. The van der Waals surface area contributed by atoms with Gasteiger partial charge in [0.15, 0.2) is 0 Å². The molecule has 0 aromatic carbocycles. The molecular weight excluding hydrogens is 338 g/mol. The highest BCUT2D eigenvalue weighted by molar-refractivity contribution is 5.20. The van der Waals surface area contributed by atoms with Gasteiger partial charge in [-0.25, -0.2) is 0 Å². The Labute approximate surface area is 166 Å². The van der Waals surface area contributed by atoms with Crippen molar-refractivity contribution in [1.29, 1.82) is 0 Å². The van der Waals surface area contributed by atoms with Crippen LogP contribution in [0.5, 0.6) is 0 Å². The summed E-state index contributed by atoms with van der Waals surface area (Å²) in [7, 11) is 5.70. The van der Waals surface area contributed by atoms with E-state index in [0.29, 0.717) is 11.8 Å². The van der Waals surface area contributed by atoms with E-state index >= 15 is 0 Å². The summed E-state index contributed by atoms with van der Waals surface area (Å²) in [4.78, 5) is 0. The molecule has 27 heavy (non-hydrogen) atoms. The molecule has 0 unspecified atom stereocenters. The highest BCUT2D eigenvalue weighted by Crippen LogP contribution is 2.57. The monoisotopic (exact) mass is 378 g/mol. The molecular formula is C22H40N3O2-3. The number of rotatable bonds is 5. The summed E-state index contributed by atoms with van der Waals surface area (Å²) < 4.78 is 6.59. The van der Waals surface area contributed by atoms with E-state index in [0.717, 1.165) is 38.5 Å². The van der Waals surface area contributed by atoms with E-state index in [1.807, 2.05) is 21.1 Å². The Bertz CT molecular complexity index is 528. The first-order valence-corrected chi connectivity index (χ1v) is 10.8. The van der Waals surface area contributed by atoms with Crippen LogP contribution in [0.4, 0.5) is 0 Å². The van der Waals surface area contributed by atoms with Crippen LogP contribution in [-0.2, 0) is 4.74 Å². The summed E-state index contributed by atoms with van der Waals surface area (Å²) in [5, 5.41) is 25.4. The SMILES string of the molecule is C[N-]C(C)(C)[C@@H]1CC[C@H]([C@H]2CC[C@](C)([N-]C)[C@H]3CC[C@](C)([N-]C)[C@@H](O)[C@H]23)O1. The van der Waals surface area contributed by atoms with Crippen molar-refractivity contribution in [3.8, 4) is 0 Å². The number of fused-ring (bicyclic) bond motifs is 1. The topological polar surface area (TPSA) is 71.8 Å². The minimum Gasteiger partial charge on any atom is -0.659 e. The molecule has 5 nitrogen and oxygen atoms in total. The number of aliphatic hydroxyl groups excluding tert-OH is 1. The minimum atomic E-state index is -0.417. The number of nitrogens with zero attached hydrogens (tertiary/aromatic N) is 3. The van der Waals surface area contributed by atoms with Gasteiger partial charge in [-0.2, -0.15) is 21.1 Å². The molecule has 1 aliphatic heterocycles. The van der Waals surface area contributed by atoms with Crippen LogP contribution < -0.4 is 0 Å². The second-order valence-corrected chi connectivity index (χ2v) is 10.1. The maximum Gasteiger partial charge on any atom is 0.0611 e. The summed E-state index contributed by atoms with van der Waals surface area (Å²) in [6.07, 6.45) is 6.32. The van der Waals surface area contributed by atoms with Crippen molar-refractivity contribution in [2.45, 2.75) is 101 Å². The first-order chi connectivity index (χ1) is 12.6. The van der Waals surface area contributed by atoms with Crippen molar-refractivity contribution < 1.29 is 9.84 Å². The fourth-order valence-electron chi connectivity index (χ4n) is 6.11. The van der Waals surface area contributed by atoms with E-state index in [1.165, 1.54) is 0 Å². The third kappa shape index (κ3) is 3.59. The standard InChI is InChI=1S/C22H40N3O2/c1-20(2,23-5)17-9-8-16(27-17)14-10-12-21(3,24-6)15-11-13-22(4,25-7)19(26)18(14)15/h14-19,26H,8-13H2,1-7H3/q-3/t14-,15+,16-,17+,18-,19+,21+,22+/m1/s1. The molecule has 5 heteroatoms. The quantitative estimate of drug-likeness (QED) is 0.757. The predicted octanol–water partition coefficient (Wildman–Crippen LogP) is 4.64. The molecule has 3 fully saturated rings. The molecule has 0 bridgehead atoms. The Hall–Kier alpha value is -0.200. The maximum atomic E-state index is 11.4. The van der Waals surface area contributed by atoms with E-state index in [1.54, 1.807) is 0 Å². The van der Waals surface area contributed by atoms with E-state index in [9.17, 15) is 5.11 Å². The Morgan fingerprint density at radius 3 is 2.15 bits per heavy atom. The number of hydrogen-bond acceptors (Lipinski definition) is 2. The Morgan fingerprint density at radius 1 is 0.926 bits per heavy atom. The van der Waals surface area contributed by atoms with Gasteiger partial charge in [-0.15, -0.1) is 11.1 Å². The van der Waals surface area contributed by atoms with Crippen LogP contribution in [0.15, 0.2) is 0 Å². The minimum absolute atomic E-state index is 0.0345. The highest BCUT2D eigenvalue weighted by atomic mass is 16.5. The van der Waals surface area contributed by atoms with Crippen molar-refractivity contribution in [1.82, 2.24) is 0 Å². The van der Waals surface area contributed by atoms with Crippen molar-refractivity contribution in [2.75, 3.05) is 21.1 Å². The van der Waals surface area contributed by atoms with Gasteiger partial charge in [-0.05, 0) is 37.0 Å². The Balaban J connectivity index is 1.85. The predicted molar refractivity (Wildman–Crippen MR) is 112 cm³/mol. The molecule has 0 radical (unpaired) electrons. The molecule has 0 amide bonds. The van der Waals surface area contributed by atoms with Gasteiger partial charge in [0.25, 0.3) is 0 Å². The molecule has 0 aromatic heterocycles. The van der Waals surface area contributed by atoms with E-state index in [2.05, 4.69) is 38.3 Å². The normalized spacial score (nSPS) is 48.4. The van der Waals surface area contributed by atoms with E-state index < -0.39 is 6.10 Å². The van der Waals surface area contributed by atoms with Crippen LogP contribution in [0.1, 0.15) is 66.2 Å². The molecule has 2 saturated carbocycles. The Morgan fingerprint density at radius 2 is 1.56 bits per heavy atom. The lowest BCUT2D eigenvalue weighted by molar-refractivity contribution is -0.120. The lowest BCUT2D eigenvalue weighted by atomic mass is 9.53. The van der Waals surface area contributed by atoms with Crippen LogP contribution >= 0.6 is 0 Å². The van der Waals surface area contributed by atoms with Gasteiger partial charge in [-0.3, -0.25) is 0 Å². The number of ether oxygens (including phenoxy) is 1. The average molecular weight is 379 g/mol. The first kappa shape index (κ1) is 21.5. The lowest BCUT2D eigenvalue weighted by Crippen LogP contribution is -2.61. The zero-order valence-corrected chi connectivity index (χ0v) is 18.4. The van der Waals surface area contributed by atoms with Gasteiger partial charge in [0.05, 0.1) is 6.10 Å². The molecule has 3 rings (SSSR count). The largest absolute Gasteiger partial charge is 0.659 e. The number of hydrogen-bond donors (Lipinski definition) is 1. The van der Waals surface area contributed by atoms with Crippen molar-refractivity contribution in [2.24, 2.45) is 17.8 Å². The van der Waals surface area contributed by atoms with Crippen molar-refractivity contribution >= 4 is 0 Å². The molecule has 158 valence electrons. The molecule has 1 saturated heterocycles. The van der Waals surface area contributed by atoms with E-state index in [4.69, 9.17) is 10.1 Å².